The van der Waals surface area contributed by atoms with Crippen LogP contribution in [0.25, 0.3) is 20.8 Å². The Hall–Kier alpha value is -1.87. The minimum atomic E-state index is 1.03. The van der Waals surface area contributed by atoms with Gasteiger partial charge in [-0.05, 0) is 32.0 Å². The molecule has 3 aromatic rings. The Kier molecular flexibility index (Phi) is 3.70. The van der Waals surface area contributed by atoms with Gasteiger partial charge in [-0.2, -0.15) is 0 Å². The lowest BCUT2D eigenvalue weighted by Crippen LogP contribution is -2.21. The van der Waals surface area contributed by atoms with Crippen LogP contribution in [0.1, 0.15) is 13.8 Å². The van der Waals surface area contributed by atoms with Crippen LogP contribution in [0.2, 0.25) is 0 Å². The topological polar surface area (TPSA) is 16.1 Å². The van der Waals surface area contributed by atoms with Gasteiger partial charge in [-0.1, -0.05) is 30.3 Å². The van der Waals surface area contributed by atoms with Gasteiger partial charge >= 0.3 is 0 Å². The van der Waals surface area contributed by atoms with Crippen molar-refractivity contribution in [3.05, 3.63) is 48.5 Å². The fourth-order valence-electron chi connectivity index (χ4n) is 2.40. The minimum absolute atomic E-state index is 1.03. The molecule has 0 aliphatic heterocycles. The number of hydrogen-bond donors (Lipinski definition) is 0. The van der Waals surface area contributed by atoms with Gasteiger partial charge in [0.1, 0.15) is 5.01 Å². The molecule has 3 rings (SSSR count). The van der Waals surface area contributed by atoms with Gasteiger partial charge in [0.2, 0.25) is 0 Å². The summed E-state index contributed by atoms with van der Waals surface area (Å²) in [4.78, 5) is 7.10. The largest absolute Gasteiger partial charge is 0.372 e. The van der Waals surface area contributed by atoms with Crippen LogP contribution >= 0.6 is 11.3 Å². The van der Waals surface area contributed by atoms with Crippen molar-refractivity contribution in [2.45, 2.75) is 13.8 Å². The molecule has 0 aliphatic rings. The first kappa shape index (κ1) is 13.1. The number of nitrogens with zero attached hydrogens (tertiary/aromatic N) is 2. The number of rotatable bonds is 4. The summed E-state index contributed by atoms with van der Waals surface area (Å²) < 4.78 is 1.26. The highest BCUT2D eigenvalue weighted by Crippen LogP contribution is 2.32. The zero-order valence-electron chi connectivity index (χ0n) is 11.8. The molecule has 0 aliphatic carbocycles. The lowest BCUT2D eigenvalue weighted by molar-refractivity contribution is 0.867. The Labute approximate surface area is 123 Å². The predicted octanol–water partition coefficient (Wildman–Crippen LogP) is 4.81. The van der Waals surface area contributed by atoms with Crippen LogP contribution in [0, 0.1) is 0 Å². The van der Waals surface area contributed by atoms with E-state index in [0.29, 0.717) is 0 Å². The van der Waals surface area contributed by atoms with E-state index in [9.17, 15) is 0 Å². The summed E-state index contributed by atoms with van der Waals surface area (Å²) in [6.45, 7) is 6.45. The van der Waals surface area contributed by atoms with Crippen molar-refractivity contribution in [3.8, 4) is 10.6 Å². The van der Waals surface area contributed by atoms with Crippen molar-refractivity contribution >= 4 is 27.2 Å². The Morgan fingerprint density at radius 2 is 1.75 bits per heavy atom. The number of benzene rings is 2. The fraction of sp³-hybridized carbons (Fsp3) is 0.235. The predicted molar refractivity (Wildman–Crippen MR) is 88.6 cm³/mol. The van der Waals surface area contributed by atoms with Gasteiger partial charge in [0.15, 0.2) is 0 Å². The lowest BCUT2D eigenvalue weighted by Gasteiger charge is -2.20. The van der Waals surface area contributed by atoms with Crippen LogP contribution in [-0.2, 0) is 0 Å². The normalized spacial score (nSPS) is 10.9. The van der Waals surface area contributed by atoms with Gasteiger partial charge in [0, 0.05) is 24.3 Å². The van der Waals surface area contributed by atoms with Gasteiger partial charge in [-0.3, -0.25) is 0 Å². The first-order valence-corrected chi connectivity index (χ1v) is 7.84. The van der Waals surface area contributed by atoms with Crippen LogP contribution < -0.4 is 4.90 Å². The fourth-order valence-corrected chi connectivity index (χ4v) is 3.41. The van der Waals surface area contributed by atoms with E-state index in [1.807, 2.05) is 6.07 Å². The molecule has 0 saturated carbocycles. The number of hydrogen-bond acceptors (Lipinski definition) is 3. The van der Waals surface area contributed by atoms with Crippen LogP contribution in [-0.4, -0.2) is 18.1 Å². The highest BCUT2D eigenvalue weighted by molar-refractivity contribution is 7.21. The summed E-state index contributed by atoms with van der Waals surface area (Å²) in [5.74, 6) is 0. The Morgan fingerprint density at radius 1 is 1.00 bits per heavy atom. The Balaban J connectivity index is 2.04. The second-order valence-corrected chi connectivity index (χ2v) is 5.74. The molecule has 2 aromatic carbocycles. The molecule has 0 radical (unpaired) electrons. The smallest absolute Gasteiger partial charge is 0.124 e. The lowest BCUT2D eigenvalue weighted by atomic mass is 10.2. The monoisotopic (exact) mass is 282 g/mol. The van der Waals surface area contributed by atoms with Crippen molar-refractivity contribution in [1.29, 1.82) is 0 Å². The van der Waals surface area contributed by atoms with Gasteiger partial charge in [-0.25, -0.2) is 4.98 Å². The quantitative estimate of drug-likeness (QED) is 0.682. The molecule has 0 unspecified atom stereocenters. The van der Waals surface area contributed by atoms with E-state index in [-0.39, 0.29) is 0 Å². The second kappa shape index (κ2) is 5.63. The number of anilines is 1. The standard InChI is InChI=1S/C17H18N2S/c1-3-19(4-2)14-10-11-15-16(12-14)20-17(18-15)13-8-6-5-7-9-13/h5-12H,3-4H2,1-2H3. The van der Waals surface area contributed by atoms with Crippen molar-refractivity contribution in [1.82, 2.24) is 4.98 Å². The summed E-state index contributed by atoms with van der Waals surface area (Å²) in [6.07, 6.45) is 0. The third kappa shape index (κ3) is 2.41. The number of thiazole rings is 1. The average Bonchev–Trinajstić information content (AvgIpc) is 2.93. The molecular weight excluding hydrogens is 264 g/mol. The van der Waals surface area contributed by atoms with Crippen molar-refractivity contribution in [2.24, 2.45) is 0 Å². The molecule has 2 nitrogen and oxygen atoms in total. The summed E-state index contributed by atoms with van der Waals surface area (Å²) in [5.41, 5.74) is 3.56. The minimum Gasteiger partial charge on any atom is -0.372 e. The van der Waals surface area contributed by atoms with Crippen LogP contribution in [0.5, 0.6) is 0 Å². The van der Waals surface area contributed by atoms with E-state index >= 15 is 0 Å². The second-order valence-electron chi connectivity index (χ2n) is 4.71. The molecule has 20 heavy (non-hydrogen) atoms. The maximum Gasteiger partial charge on any atom is 0.124 e. The molecular formula is C17H18N2S. The molecule has 0 saturated heterocycles. The van der Waals surface area contributed by atoms with E-state index < -0.39 is 0 Å². The van der Waals surface area contributed by atoms with E-state index in [4.69, 9.17) is 4.98 Å². The zero-order valence-corrected chi connectivity index (χ0v) is 12.7. The molecule has 1 heterocycles. The summed E-state index contributed by atoms with van der Waals surface area (Å²) in [7, 11) is 0. The first-order chi connectivity index (χ1) is 9.81. The third-order valence-electron chi connectivity index (χ3n) is 3.52. The molecule has 1 aromatic heterocycles. The Bertz CT molecular complexity index is 699. The van der Waals surface area contributed by atoms with Gasteiger partial charge in [-0.15, -0.1) is 11.3 Å². The Morgan fingerprint density at radius 3 is 2.45 bits per heavy atom. The molecule has 0 bridgehead atoms. The zero-order chi connectivity index (χ0) is 13.9. The van der Waals surface area contributed by atoms with Crippen molar-refractivity contribution in [3.63, 3.8) is 0 Å². The summed E-state index contributed by atoms with van der Waals surface area (Å²) >= 11 is 1.77. The molecule has 102 valence electrons. The molecule has 0 N–H and O–H groups in total. The SMILES string of the molecule is CCN(CC)c1ccc2nc(-c3ccccc3)sc2c1. The highest BCUT2D eigenvalue weighted by atomic mass is 32.1. The first-order valence-electron chi connectivity index (χ1n) is 7.02. The maximum atomic E-state index is 4.74. The number of fused-ring (bicyclic) bond motifs is 1. The molecule has 0 atom stereocenters. The summed E-state index contributed by atoms with van der Waals surface area (Å²) in [5, 5.41) is 1.09. The van der Waals surface area contributed by atoms with Crippen LogP contribution in [0.4, 0.5) is 5.69 Å². The summed E-state index contributed by atoms with van der Waals surface area (Å²) in [6, 6.07) is 16.9. The van der Waals surface area contributed by atoms with E-state index in [0.717, 1.165) is 23.6 Å². The van der Waals surface area contributed by atoms with E-state index in [1.165, 1.54) is 16.0 Å². The van der Waals surface area contributed by atoms with E-state index in [2.05, 4.69) is 61.2 Å². The van der Waals surface area contributed by atoms with Crippen LogP contribution in [0.15, 0.2) is 48.5 Å². The highest BCUT2D eigenvalue weighted by Gasteiger charge is 2.08. The van der Waals surface area contributed by atoms with E-state index in [1.54, 1.807) is 11.3 Å². The molecule has 0 spiro atoms. The van der Waals surface area contributed by atoms with Gasteiger partial charge in [0.05, 0.1) is 10.2 Å². The van der Waals surface area contributed by atoms with Gasteiger partial charge < -0.3 is 4.90 Å². The van der Waals surface area contributed by atoms with Crippen molar-refractivity contribution in [2.75, 3.05) is 18.0 Å². The van der Waals surface area contributed by atoms with Gasteiger partial charge in [0.25, 0.3) is 0 Å². The average molecular weight is 282 g/mol. The third-order valence-corrected chi connectivity index (χ3v) is 4.59. The maximum absolute atomic E-state index is 4.74. The molecule has 0 fully saturated rings. The molecule has 3 heteroatoms. The molecule has 0 amide bonds. The van der Waals surface area contributed by atoms with Crippen molar-refractivity contribution < 1.29 is 0 Å². The van der Waals surface area contributed by atoms with Crippen LogP contribution in [0.3, 0.4) is 0 Å². The number of aromatic nitrogens is 1.